The van der Waals surface area contributed by atoms with Crippen molar-refractivity contribution in [1.82, 2.24) is 4.90 Å². The van der Waals surface area contributed by atoms with E-state index in [0.29, 0.717) is 25.0 Å². The molecule has 1 fully saturated rings. The Labute approximate surface area is 146 Å². The maximum Gasteiger partial charge on any atom is 0.149 e. The standard InChI is InChI=1S/C19H22BrNO2/c1-4-6-8-16(15-22)10-12-21(3)19(13-18(23)14-19)11-7-9-17(20)5-2/h4-11,15H,1-2,12-14H2,3H3/b8-6-,11-7+,16-10-,17-9+. The van der Waals surface area contributed by atoms with E-state index in [0.717, 1.165) is 10.8 Å². The summed E-state index contributed by atoms with van der Waals surface area (Å²) in [5, 5.41) is 0. The van der Waals surface area contributed by atoms with Crippen LogP contribution in [0.4, 0.5) is 0 Å². The Kier molecular flexibility index (Phi) is 7.86. The van der Waals surface area contributed by atoms with Crippen molar-refractivity contribution in [2.24, 2.45) is 0 Å². The third-order valence-electron chi connectivity index (χ3n) is 3.79. The van der Waals surface area contributed by atoms with Crippen molar-refractivity contribution in [1.29, 1.82) is 0 Å². The van der Waals surface area contributed by atoms with Gasteiger partial charge in [-0.1, -0.05) is 71.6 Å². The first-order valence-electron chi connectivity index (χ1n) is 7.32. The Morgan fingerprint density at radius 3 is 2.57 bits per heavy atom. The molecule has 0 amide bonds. The van der Waals surface area contributed by atoms with Crippen molar-refractivity contribution < 1.29 is 9.59 Å². The highest BCUT2D eigenvalue weighted by Crippen LogP contribution is 2.35. The predicted octanol–water partition coefficient (Wildman–Crippen LogP) is 3.91. The van der Waals surface area contributed by atoms with Crippen LogP contribution in [0.2, 0.25) is 0 Å². The van der Waals surface area contributed by atoms with Crippen LogP contribution in [0.15, 0.2) is 71.8 Å². The molecule has 23 heavy (non-hydrogen) atoms. The van der Waals surface area contributed by atoms with E-state index in [2.05, 4.69) is 34.0 Å². The highest BCUT2D eigenvalue weighted by molar-refractivity contribution is 9.11. The normalized spacial score (nSPS) is 18.5. The second kappa shape index (κ2) is 9.38. The molecule has 0 aromatic rings. The Morgan fingerprint density at radius 1 is 1.35 bits per heavy atom. The largest absolute Gasteiger partial charge is 0.300 e. The second-order valence-electron chi connectivity index (χ2n) is 5.41. The molecule has 1 saturated carbocycles. The van der Waals surface area contributed by atoms with Crippen LogP contribution in [0.25, 0.3) is 0 Å². The first-order valence-corrected chi connectivity index (χ1v) is 8.11. The number of aldehydes is 1. The minimum atomic E-state index is -0.283. The van der Waals surface area contributed by atoms with Gasteiger partial charge < -0.3 is 0 Å². The lowest BCUT2D eigenvalue weighted by Crippen LogP contribution is -2.55. The molecule has 0 N–H and O–H groups in total. The summed E-state index contributed by atoms with van der Waals surface area (Å²) in [6.07, 6.45) is 16.3. The number of allylic oxidation sites excluding steroid dienone is 8. The molecule has 1 aliphatic rings. The lowest BCUT2D eigenvalue weighted by Gasteiger charge is -2.45. The number of hydrogen-bond acceptors (Lipinski definition) is 3. The van der Waals surface area contributed by atoms with Crippen molar-refractivity contribution >= 4 is 28.0 Å². The fourth-order valence-corrected chi connectivity index (χ4v) is 2.44. The SMILES string of the molecule is C=C/C=C\C(C=O)=C\CN(C)C1(/C=C/C=C(/Br)C=C)CC(=O)C1. The molecule has 0 aromatic carbocycles. The molecule has 1 aliphatic carbocycles. The zero-order valence-electron chi connectivity index (χ0n) is 13.4. The van der Waals surface area contributed by atoms with Gasteiger partial charge in [0.15, 0.2) is 0 Å². The van der Waals surface area contributed by atoms with Gasteiger partial charge in [-0.15, -0.1) is 0 Å². The van der Waals surface area contributed by atoms with Gasteiger partial charge in [0.2, 0.25) is 0 Å². The number of likely N-dealkylation sites (N-methyl/N-ethyl adjacent to an activating group) is 1. The van der Waals surface area contributed by atoms with Gasteiger partial charge in [-0.2, -0.15) is 0 Å². The molecule has 4 heteroatoms. The molecule has 0 radical (unpaired) electrons. The fraction of sp³-hybridized carbons (Fsp3) is 0.263. The van der Waals surface area contributed by atoms with Crippen molar-refractivity contribution in [2.45, 2.75) is 18.4 Å². The minimum Gasteiger partial charge on any atom is -0.300 e. The molecule has 0 saturated heterocycles. The van der Waals surface area contributed by atoms with Gasteiger partial charge in [-0.3, -0.25) is 14.5 Å². The highest BCUT2D eigenvalue weighted by Gasteiger charge is 2.44. The van der Waals surface area contributed by atoms with E-state index in [1.54, 1.807) is 24.3 Å². The van der Waals surface area contributed by atoms with Crippen molar-refractivity contribution in [2.75, 3.05) is 13.6 Å². The summed E-state index contributed by atoms with van der Waals surface area (Å²) in [6.45, 7) is 7.84. The van der Waals surface area contributed by atoms with Gasteiger partial charge >= 0.3 is 0 Å². The van der Waals surface area contributed by atoms with E-state index in [1.165, 1.54) is 0 Å². The number of rotatable bonds is 9. The summed E-state index contributed by atoms with van der Waals surface area (Å²) in [5.41, 5.74) is 0.310. The maximum atomic E-state index is 11.5. The van der Waals surface area contributed by atoms with Gasteiger partial charge in [0, 0.05) is 29.4 Å². The van der Waals surface area contributed by atoms with Crippen molar-refractivity contribution in [3.05, 3.63) is 71.8 Å². The summed E-state index contributed by atoms with van der Waals surface area (Å²) in [4.78, 5) is 24.6. The van der Waals surface area contributed by atoms with Crippen LogP contribution in [0.5, 0.6) is 0 Å². The molecule has 0 aromatic heterocycles. The van der Waals surface area contributed by atoms with E-state index in [4.69, 9.17) is 0 Å². The third kappa shape index (κ3) is 5.73. The molecule has 0 heterocycles. The molecule has 0 atom stereocenters. The molecular weight excluding hydrogens is 354 g/mol. The number of carbonyl (C=O) groups excluding carboxylic acids is 2. The average molecular weight is 376 g/mol. The summed E-state index contributed by atoms with van der Waals surface area (Å²) in [6, 6.07) is 0. The Morgan fingerprint density at radius 2 is 2.04 bits per heavy atom. The number of ketones is 1. The third-order valence-corrected chi connectivity index (χ3v) is 4.37. The second-order valence-corrected chi connectivity index (χ2v) is 6.32. The van der Waals surface area contributed by atoms with Crippen LogP contribution in [0, 0.1) is 0 Å². The highest BCUT2D eigenvalue weighted by atomic mass is 79.9. The van der Waals surface area contributed by atoms with Crippen LogP contribution in [-0.2, 0) is 9.59 Å². The number of nitrogens with zero attached hydrogens (tertiary/aromatic N) is 1. The first kappa shape index (κ1) is 19.3. The molecule has 0 bridgehead atoms. The number of hydrogen-bond donors (Lipinski definition) is 0. The monoisotopic (exact) mass is 375 g/mol. The first-order chi connectivity index (χ1) is 11.0. The van der Waals surface area contributed by atoms with Gasteiger partial charge in [0.1, 0.15) is 12.1 Å². The van der Waals surface area contributed by atoms with E-state index >= 15 is 0 Å². The van der Waals surface area contributed by atoms with Crippen LogP contribution < -0.4 is 0 Å². The summed E-state index contributed by atoms with van der Waals surface area (Å²) >= 11 is 3.36. The Balaban J connectivity index is 2.84. The van der Waals surface area contributed by atoms with E-state index in [-0.39, 0.29) is 11.3 Å². The number of carbonyl (C=O) groups is 2. The summed E-state index contributed by atoms with van der Waals surface area (Å²) in [5.74, 6) is 0.249. The van der Waals surface area contributed by atoms with Gasteiger partial charge in [0.05, 0.1) is 5.54 Å². The van der Waals surface area contributed by atoms with Crippen LogP contribution >= 0.6 is 15.9 Å². The zero-order valence-corrected chi connectivity index (χ0v) is 15.0. The Hall–Kier alpha value is -1.78. The topological polar surface area (TPSA) is 37.4 Å². The zero-order chi connectivity index (χ0) is 17.3. The summed E-state index contributed by atoms with van der Waals surface area (Å²) < 4.78 is 0.884. The predicted molar refractivity (Wildman–Crippen MR) is 99.4 cm³/mol. The average Bonchev–Trinajstić information content (AvgIpc) is 2.52. The molecule has 3 nitrogen and oxygen atoms in total. The van der Waals surface area contributed by atoms with Gasteiger partial charge in [-0.25, -0.2) is 0 Å². The van der Waals surface area contributed by atoms with E-state index in [1.807, 2.05) is 31.4 Å². The number of Topliss-reactive ketones (excluding diaryl/α,β-unsaturated/α-hetero) is 1. The maximum absolute atomic E-state index is 11.5. The van der Waals surface area contributed by atoms with Crippen molar-refractivity contribution in [3.8, 4) is 0 Å². The lowest BCUT2D eigenvalue weighted by molar-refractivity contribution is -0.131. The van der Waals surface area contributed by atoms with Crippen LogP contribution in [0.3, 0.4) is 0 Å². The van der Waals surface area contributed by atoms with E-state index < -0.39 is 0 Å². The number of halogens is 1. The van der Waals surface area contributed by atoms with E-state index in [9.17, 15) is 9.59 Å². The molecule has 0 spiro atoms. The van der Waals surface area contributed by atoms with Crippen LogP contribution in [-0.4, -0.2) is 36.1 Å². The fourth-order valence-electron chi connectivity index (χ4n) is 2.29. The van der Waals surface area contributed by atoms with Crippen molar-refractivity contribution in [3.63, 3.8) is 0 Å². The molecular formula is C19H22BrNO2. The summed E-state index contributed by atoms with van der Waals surface area (Å²) in [7, 11) is 1.96. The molecule has 1 rings (SSSR count). The Bertz CT molecular complexity index is 588. The smallest absolute Gasteiger partial charge is 0.149 e. The quantitative estimate of drug-likeness (QED) is 0.348. The molecule has 0 unspecified atom stereocenters. The van der Waals surface area contributed by atoms with Gasteiger partial charge in [-0.05, 0) is 13.1 Å². The molecule has 0 aliphatic heterocycles. The van der Waals surface area contributed by atoms with Gasteiger partial charge in [0.25, 0.3) is 0 Å². The molecule has 122 valence electrons. The minimum absolute atomic E-state index is 0.249. The van der Waals surface area contributed by atoms with Crippen LogP contribution in [0.1, 0.15) is 12.8 Å². The lowest BCUT2D eigenvalue weighted by atomic mass is 9.74.